The third-order valence-electron chi connectivity index (χ3n) is 12.8. The van der Waals surface area contributed by atoms with Crippen molar-refractivity contribution in [2.75, 3.05) is 64.6 Å². The number of likely N-dealkylation sites (N-methyl/N-ethyl adjacent to an activating group) is 1. The molecular formula is C51H61FN12O5. The number of nitrogens with zero attached hydrogens (tertiary/aromatic N) is 6. The van der Waals surface area contributed by atoms with Crippen molar-refractivity contribution in [3.8, 4) is 22.4 Å². The average molecular weight is 941 g/mol. The zero-order chi connectivity index (χ0) is 49.2. The van der Waals surface area contributed by atoms with Gasteiger partial charge in [-0.15, -0.1) is 0 Å². The van der Waals surface area contributed by atoms with Crippen molar-refractivity contribution < 1.29 is 28.4 Å². The highest BCUT2D eigenvalue weighted by atomic mass is 19.1. The molecule has 0 spiro atoms. The number of aryl methyl sites for hydroxylation is 1. The van der Waals surface area contributed by atoms with E-state index in [4.69, 9.17) is 15.6 Å². The number of carbonyl (C=O) groups excluding carboxylic acids is 5. The van der Waals surface area contributed by atoms with E-state index in [-0.39, 0.29) is 41.1 Å². The normalized spacial score (nSPS) is 16.6. The van der Waals surface area contributed by atoms with Crippen LogP contribution in [0.3, 0.4) is 0 Å². The fourth-order valence-corrected chi connectivity index (χ4v) is 9.35. The molecule has 0 saturated carbocycles. The Kier molecular flexibility index (Phi) is 16.3. The second kappa shape index (κ2) is 22.7. The van der Waals surface area contributed by atoms with Gasteiger partial charge in [0, 0.05) is 92.9 Å². The molecule has 17 nitrogen and oxygen atoms in total. The van der Waals surface area contributed by atoms with Gasteiger partial charge in [-0.05, 0) is 119 Å². The van der Waals surface area contributed by atoms with Crippen molar-refractivity contribution in [2.24, 2.45) is 0 Å². The highest BCUT2D eigenvalue weighted by molar-refractivity contribution is 6.45. The van der Waals surface area contributed by atoms with Gasteiger partial charge in [-0.1, -0.05) is 18.2 Å². The number of piperidine rings is 1. The standard InChI is InChI=1S/C49H54FN11O5.C2H7N/c1-30-44-31(7-4-8-41(44)61(56-30)42(9-6-26-62)48(65)53-3)16-22-58-23-17-34(18-24-58)60-25-19-39(57-60)38-28-35(59-21-5-10-43(59)64)11-12-36(38)37-13-14-40(52-2)45(46(37)50)47(51)49(66)55-32-15-20-54-33(27-32)29-63;1-3-2/h4,7-8,11-15,19-20,25-29,33-34,42,51-52,54H,5-6,9-10,16-18,21-24H2,1-3H3,(H,53,65)(H,55,66);3H,1-2H3. The van der Waals surface area contributed by atoms with Crippen molar-refractivity contribution in [3.05, 3.63) is 107 Å². The molecule has 3 aliphatic rings. The van der Waals surface area contributed by atoms with Gasteiger partial charge >= 0.3 is 0 Å². The number of amides is 3. The summed E-state index contributed by atoms with van der Waals surface area (Å²) in [5, 5.41) is 33.6. The molecular weight excluding hydrogens is 880 g/mol. The van der Waals surface area contributed by atoms with Crippen molar-refractivity contribution in [1.82, 2.24) is 45.7 Å². The Morgan fingerprint density at radius 2 is 1.75 bits per heavy atom. The van der Waals surface area contributed by atoms with Crippen LogP contribution in [0.2, 0.25) is 0 Å². The quantitative estimate of drug-likeness (QED) is 0.0526. The predicted molar refractivity (Wildman–Crippen MR) is 266 cm³/mol. The maximum absolute atomic E-state index is 17.0. The Morgan fingerprint density at radius 3 is 2.45 bits per heavy atom. The number of benzene rings is 3. The molecule has 0 radical (unpaired) electrons. The molecule has 0 bridgehead atoms. The summed E-state index contributed by atoms with van der Waals surface area (Å²) in [4.78, 5) is 65.9. The first kappa shape index (κ1) is 49.6. The van der Waals surface area contributed by atoms with Crippen LogP contribution in [0.1, 0.15) is 67.4 Å². The minimum absolute atomic E-state index is 0.0121. The summed E-state index contributed by atoms with van der Waals surface area (Å²) in [6, 6.07) is 15.5. The molecule has 3 amide bonds. The number of halogens is 1. The topological polar surface area (TPSA) is 211 Å². The van der Waals surface area contributed by atoms with Gasteiger partial charge in [0.15, 0.2) is 0 Å². The number of allylic oxidation sites excluding steroid dienone is 1. The minimum atomic E-state index is -0.849. The number of likely N-dealkylation sites (tertiary alicyclic amines) is 1. The highest BCUT2D eigenvalue weighted by Crippen LogP contribution is 2.40. The van der Waals surface area contributed by atoms with E-state index in [9.17, 15) is 24.0 Å². The van der Waals surface area contributed by atoms with Gasteiger partial charge in [-0.2, -0.15) is 10.2 Å². The number of hydrogen-bond acceptors (Lipinski definition) is 12. The molecule has 2 atom stereocenters. The second-order valence-electron chi connectivity index (χ2n) is 17.3. The molecule has 18 heteroatoms. The van der Waals surface area contributed by atoms with Crippen LogP contribution in [-0.4, -0.2) is 121 Å². The molecule has 362 valence electrons. The summed E-state index contributed by atoms with van der Waals surface area (Å²) < 4.78 is 20.7. The summed E-state index contributed by atoms with van der Waals surface area (Å²) in [7, 11) is 6.93. The van der Waals surface area contributed by atoms with Crippen LogP contribution in [0.4, 0.5) is 15.8 Å². The van der Waals surface area contributed by atoms with Gasteiger partial charge in [0.25, 0.3) is 5.91 Å². The molecule has 5 aromatic rings. The molecule has 2 unspecified atom stereocenters. The first-order valence-corrected chi connectivity index (χ1v) is 23.4. The van der Waals surface area contributed by atoms with Crippen molar-refractivity contribution in [1.29, 1.82) is 5.41 Å². The van der Waals surface area contributed by atoms with Crippen LogP contribution in [0.15, 0.2) is 84.8 Å². The van der Waals surface area contributed by atoms with Gasteiger partial charge in [0.2, 0.25) is 11.8 Å². The number of hydrogen-bond donors (Lipinski definition) is 6. The van der Waals surface area contributed by atoms with E-state index >= 15 is 4.39 Å². The molecule has 69 heavy (non-hydrogen) atoms. The first-order chi connectivity index (χ1) is 33.4. The smallest absolute Gasteiger partial charge is 0.274 e. The summed E-state index contributed by atoms with van der Waals surface area (Å²) in [6.45, 7) is 5.06. The van der Waals surface area contributed by atoms with Crippen molar-refractivity contribution in [2.45, 2.75) is 70.0 Å². The SMILES string of the molecule is CNC.CNC(=O)C(CCC=O)n1nc(C)c2c(CCN3CCC(n4ccc(-c5cc(N6CCCC6=O)ccc5-c5ccc(NC)c(C(=N)C(=O)NC6=CC(C=O)NC=C6)c5F)n4)CC3)cccc21. The van der Waals surface area contributed by atoms with Gasteiger partial charge in [-0.25, -0.2) is 4.39 Å². The summed E-state index contributed by atoms with van der Waals surface area (Å²) in [5.41, 5.74) is 5.10. The molecule has 3 aromatic carbocycles. The highest BCUT2D eigenvalue weighted by Gasteiger charge is 2.29. The number of aromatic nitrogens is 4. The average Bonchev–Trinajstić information content (AvgIpc) is 4.12. The van der Waals surface area contributed by atoms with E-state index in [1.807, 2.05) is 56.2 Å². The maximum atomic E-state index is 17.0. The van der Waals surface area contributed by atoms with Crippen LogP contribution in [-0.2, 0) is 30.4 Å². The Morgan fingerprint density at radius 1 is 0.986 bits per heavy atom. The van der Waals surface area contributed by atoms with Crippen LogP contribution >= 0.6 is 0 Å². The molecule has 3 aliphatic heterocycles. The fourth-order valence-electron chi connectivity index (χ4n) is 9.35. The summed E-state index contributed by atoms with van der Waals surface area (Å²) >= 11 is 0. The van der Waals surface area contributed by atoms with Crippen molar-refractivity contribution >= 4 is 58.3 Å². The number of fused-ring (bicyclic) bond motifs is 1. The van der Waals surface area contributed by atoms with Gasteiger partial charge < -0.3 is 46.0 Å². The lowest BCUT2D eigenvalue weighted by Gasteiger charge is -2.32. The number of carbonyl (C=O) groups is 5. The second-order valence-corrected chi connectivity index (χ2v) is 17.3. The van der Waals surface area contributed by atoms with Crippen LogP contribution in [0, 0.1) is 18.2 Å². The monoisotopic (exact) mass is 940 g/mol. The third kappa shape index (κ3) is 10.9. The number of rotatable bonds is 17. The number of dihydropyridines is 1. The molecule has 6 N–H and O–H groups in total. The lowest BCUT2D eigenvalue weighted by molar-refractivity contribution is -0.124. The van der Waals surface area contributed by atoms with E-state index in [1.54, 1.807) is 54.0 Å². The molecule has 8 rings (SSSR count). The Balaban J connectivity index is 0.00000228. The van der Waals surface area contributed by atoms with E-state index < -0.39 is 29.5 Å². The van der Waals surface area contributed by atoms with Crippen LogP contribution in [0.5, 0.6) is 0 Å². The molecule has 2 saturated heterocycles. The molecule has 0 aliphatic carbocycles. The van der Waals surface area contributed by atoms with Crippen LogP contribution < -0.4 is 31.5 Å². The van der Waals surface area contributed by atoms with Crippen LogP contribution in [0.25, 0.3) is 33.3 Å². The van der Waals surface area contributed by atoms with E-state index in [0.29, 0.717) is 53.9 Å². The zero-order valence-electron chi connectivity index (χ0n) is 39.8. The molecule has 5 heterocycles. The Labute approximate surface area is 401 Å². The fraction of sp³-hybridized carbons (Fsp3) is 0.373. The summed E-state index contributed by atoms with van der Waals surface area (Å²) in [5.74, 6) is -1.80. The summed E-state index contributed by atoms with van der Waals surface area (Å²) in [6.07, 6.45) is 12.3. The number of nitrogens with one attached hydrogen (secondary N) is 6. The third-order valence-corrected chi connectivity index (χ3v) is 12.8. The lowest BCUT2D eigenvalue weighted by atomic mass is 9.93. The van der Waals surface area contributed by atoms with E-state index in [1.165, 1.54) is 12.3 Å². The predicted octanol–water partition coefficient (Wildman–Crippen LogP) is 5.22. The van der Waals surface area contributed by atoms with E-state index in [0.717, 1.165) is 73.8 Å². The largest absolute Gasteiger partial charge is 0.387 e. The van der Waals surface area contributed by atoms with Gasteiger partial charge in [0.05, 0.1) is 28.5 Å². The first-order valence-electron chi connectivity index (χ1n) is 23.4. The van der Waals surface area contributed by atoms with Gasteiger partial charge in [0.1, 0.15) is 36.2 Å². The molecule has 2 aromatic heterocycles. The van der Waals surface area contributed by atoms with Gasteiger partial charge in [-0.3, -0.25) is 29.2 Å². The lowest BCUT2D eigenvalue weighted by Crippen LogP contribution is -2.36. The Bertz CT molecular complexity index is 2790. The van der Waals surface area contributed by atoms with E-state index in [2.05, 4.69) is 37.6 Å². The number of anilines is 2. The molecule has 2 fully saturated rings. The zero-order valence-corrected chi connectivity index (χ0v) is 39.8. The maximum Gasteiger partial charge on any atom is 0.274 e. The van der Waals surface area contributed by atoms with Crippen molar-refractivity contribution in [3.63, 3.8) is 0 Å². The Hall–Kier alpha value is -7.31. The number of aldehydes is 2. The minimum Gasteiger partial charge on any atom is -0.387 e.